The largest absolute Gasteiger partial charge is 0.504 e. The predicted molar refractivity (Wildman–Crippen MR) is 113 cm³/mol. The maximum Gasteiger partial charge on any atom is 0.160 e. The van der Waals surface area contributed by atoms with E-state index in [-0.39, 0.29) is 11.5 Å². The first-order valence-corrected chi connectivity index (χ1v) is 10.9. The van der Waals surface area contributed by atoms with Crippen molar-refractivity contribution in [3.8, 4) is 11.5 Å². The average molecular weight is 361 g/mol. The Morgan fingerprint density at radius 1 is 0.692 bits per heavy atom. The van der Waals surface area contributed by atoms with E-state index in [2.05, 4.69) is 19.1 Å². The maximum absolute atomic E-state index is 9.77. The quantitative estimate of drug-likeness (QED) is 0.180. The Balaban J connectivity index is 1.86. The third kappa shape index (κ3) is 11.2. The highest BCUT2D eigenvalue weighted by molar-refractivity contribution is 5.44. The van der Waals surface area contributed by atoms with E-state index in [1.54, 1.807) is 6.07 Å². The first-order chi connectivity index (χ1) is 12.8. The molecule has 0 aliphatic rings. The van der Waals surface area contributed by atoms with Crippen molar-refractivity contribution in [2.24, 2.45) is 0 Å². The lowest BCUT2D eigenvalue weighted by Crippen LogP contribution is -1.87. The second kappa shape index (κ2) is 15.8. The first-order valence-electron chi connectivity index (χ1n) is 10.9. The summed E-state index contributed by atoms with van der Waals surface area (Å²) in [5.41, 5.74) is 0.862. The van der Waals surface area contributed by atoms with E-state index in [9.17, 15) is 10.2 Å². The molecule has 0 unspecified atom stereocenters. The molecule has 1 aromatic rings. The van der Waals surface area contributed by atoms with Gasteiger partial charge in [0.1, 0.15) is 0 Å². The topological polar surface area (TPSA) is 40.5 Å². The molecule has 2 nitrogen and oxygen atoms in total. The first kappa shape index (κ1) is 22.6. The zero-order valence-electron chi connectivity index (χ0n) is 16.9. The van der Waals surface area contributed by atoms with Gasteiger partial charge in [0.05, 0.1) is 0 Å². The van der Waals surface area contributed by atoms with Crippen LogP contribution in [0.3, 0.4) is 0 Å². The van der Waals surface area contributed by atoms with E-state index in [0.717, 1.165) is 18.4 Å². The van der Waals surface area contributed by atoms with Gasteiger partial charge < -0.3 is 10.2 Å². The molecule has 0 amide bonds. The summed E-state index contributed by atoms with van der Waals surface area (Å²) in [6.45, 7) is 2.27. The number of para-hydroxylation sites is 1. The zero-order chi connectivity index (χ0) is 18.9. The monoisotopic (exact) mass is 360 g/mol. The highest BCUT2D eigenvalue weighted by Crippen LogP contribution is 2.29. The molecule has 0 heterocycles. The van der Waals surface area contributed by atoms with Crippen molar-refractivity contribution in [2.45, 2.75) is 103 Å². The molecular weight excluding hydrogens is 320 g/mol. The van der Waals surface area contributed by atoms with Crippen LogP contribution in [0.5, 0.6) is 11.5 Å². The summed E-state index contributed by atoms with van der Waals surface area (Å²) in [5.74, 6) is 0.0484. The molecule has 0 aliphatic heterocycles. The van der Waals surface area contributed by atoms with Gasteiger partial charge in [0.15, 0.2) is 11.5 Å². The summed E-state index contributed by atoms with van der Waals surface area (Å²) in [4.78, 5) is 0. The van der Waals surface area contributed by atoms with Gasteiger partial charge in [-0.15, -0.1) is 0 Å². The molecule has 0 aromatic heterocycles. The lowest BCUT2D eigenvalue weighted by Gasteiger charge is -2.06. The maximum atomic E-state index is 9.77. The fraction of sp³-hybridized carbons (Fsp3) is 0.667. The summed E-state index contributed by atoms with van der Waals surface area (Å²) in [6, 6.07) is 5.22. The van der Waals surface area contributed by atoms with E-state index in [1.807, 2.05) is 6.07 Å². The third-order valence-corrected chi connectivity index (χ3v) is 5.06. The van der Waals surface area contributed by atoms with Crippen LogP contribution in [-0.2, 0) is 6.42 Å². The normalized spacial score (nSPS) is 11.4. The van der Waals surface area contributed by atoms with Crippen LogP contribution in [0.1, 0.15) is 102 Å². The molecule has 0 fully saturated rings. The minimum absolute atomic E-state index is 0.00736. The average Bonchev–Trinajstić information content (AvgIpc) is 2.64. The zero-order valence-corrected chi connectivity index (χ0v) is 16.9. The van der Waals surface area contributed by atoms with Gasteiger partial charge in [-0.05, 0) is 50.2 Å². The molecule has 0 aliphatic carbocycles. The number of benzene rings is 1. The molecule has 0 bridgehead atoms. The molecular formula is C24H40O2. The number of unbranched alkanes of at least 4 members (excludes halogenated alkanes) is 12. The van der Waals surface area contributed by atoms with Gasteiger partial charge in [0, 0.05) is 0 Å². The number of hydrogen-bond donors (Lipinski definition) is 2. The Kier molecular flexibility index (Phi) is 13.7. The standard InChI is InChI=1S/C24H40O2/c1-2-3-4-5-6-7-8-9-10-11-12-13-14-15-16-17-19-22-20-18-21-23(25)24(22)26/h9-10,18,20-21,25-26H,2-8,11-17,19H2,1H3/b10-9-. The van der Waals surface area contributed by atoms with Crippen molar-refractivity contribution in [2.75, 3.05) is 0 Å². The van der Waals surface area contributed by atoms with Crippen LogP contribution in [0, 0.1) is 0 Å². The fourth-order valence-corrected chi connectivity index (χ4v) is 3.34. The van der Waals surface area contributed by atoms with E-state index in [4.69, 9.17) is 0 Å². The van der Waals surface area contributed by atoms with Gasteiger partial charge in [-0.1, -0.05) is 89.0 Å². The van der Waals surface area contributed by atoms with Crippen LogP contribution in [-0.4, -0.2) is 10.2 Å². The van der Waals surface area contributed by atoms with Crippen molar-refractivity contribution >= 4 is 0 Å². The van der Waals surface area contributed by atoms with Crippen LogP contribution in [0.2, 0.25) is 0 Å². The Labute approximate surface area is 161 Å². The number of hydrogen-bond acceptors (Lipinski definition) is 2. The summed E-state index contributed by atoms with van der Waals surface area (Å²) in [5, 5.41) is 19.2. The smallest absolute Gasteiger partial charge is 0.160 e. The molecule has 1 rings (SSSR count). The third-order valence-electron chi connectivity index (χ3n) is 5.06. The van der Waals surface area contributed by atoms with Gasteiger partial charge in [-0.25, -0.2) is 0 Å². The Morgan fingerprint density at radius 2 is 1.23 bits per heavy atom. The summed E-state index contributed by atoms with van der Waals surface area (Å²) in [7, 11) is 0. The Bertz CT molecular complexity index is 479. The van der Waals surface area contributed by atoms with Crippen LogP contribution in [0.25, 0.3) is 0 Å². The summed E-state index contributed by atoms with van der Waals surface area (Å²) >= 11 is 0. The minimum atomic E-state index is -0.00736. The number of aryl methyl sites for hydroxylation is 1. The molecule has 0 radical (unpaired) electrons. The van der Waals surface area contributed by atoms with Crippen molar-refractivity contribution < 1.29 is 10.2 Å². The molecule has 0 spiro atoms. The predicted octanol–water partition coefficient (Wildman–Crippen LogP) is 7.68. The van der Waals surface area contributed by atoms with Crippen molar-refractivity contribution in [3.63, 3.8) is 0 Å². The molecule has 0 saturated carbocycles. The SMILES string of the molecule is CCCCCCCC/C=C\CCCCCCCCc1cccc(O)c1O. The Morgan fingerprint density at radius 3 is 1.85 bits per heavy atom. The lowest BCUT2D eigenvalue weighted by molar-refractivity contribution is 0.398. The minimum Gasteiger partial charge on any atom is -0.504 e. The molecule has 148 valence electrons. The number of allylic oxidation sites excluding steroid dienone is 2. The van der Waals surface area contributed by atoms with Crippen molar-refractivity contribution in [1.29, 1.82) is 0 Å². The van der Waals surface area contributed by atoms with Gasteiger partial charge in [-0.2, -0.15) is 0 Å². The van der Waals surface area contributed by atoms with Crippen LogP contribution < -0.4 is 0 Å². The second-order valence-corrected chi connectivity index (χ2v) is 7.47. The van der Waals surface area contributed by atoms with Crippen LogP contribution in [0.4, 0.5) is 0 Å². The van der Waals surface area contributed by atoms with E-state index < -0.39 is 0 Å². The van der Waals surface area contributed by atoms with Crippen molar-refractivity contribution in [3.05, 3.63) is 35.9 Å². The molecule has 2 heteroatoms. The number of rotatable bonds is 16. The van der Waals surface area contributed by atoms with Crippen LogP contribution >= 0.6 is 0 Å². The number of aromatic hydroxyl groups is 2. The van der Waals surface area contributed by atoms with Gasteiger partial charge >= 0.3 is 0 Å². The van der Waals surface area contributed by atoms with Crippen molar-refractivity contribution in [1.82, 2.24) is 0 Å². The van der Waals surface area contributed by atoms with Gasteiger partial charge in [-0.3, -0.25) is 0 Å². The number of phenols is 2. The summed E-state index contributed by atoms with van der Waals surface area (Å²) in [6.07, 6.45) is 23.9. The van der Waals surface area contributed by atoms with Gasteiger partial charge in [0.25, 0.3) is 0 Å². The fourth-order valence-electron chi connectivity index (χ4n) is 3.34. The molecule has 0 atom stereocenters. The summed E-state index contributed by atoms with van der Waals surface area (Å²) < 4.78 is 0. The molecule has 26 heavy (non-hydrogen) atoms. The number of phenolic OH excluding ortho intramolecular Hbond substituents is 2. The molecule has 0 saturated heterocycles. The van der Waals surface area contributed by atoms with E-state index in [1.165, 1.54) is 89.5 Å². The Hall–Kier alpha value is -1.44. The highest BCUT2D eigenvalue weighted by atomic mass is 16.3. The lowest BCUT2D eigenvalue weighted by atomic mass is 10.0. The molecule has 2 N–H and O–H groups in total. The molecule has 1 aromatic carbocycles. The van der Waals surface area contributed by atoms with E-state index >= 15 is 0 Å². The van der Waals surface area contributed by atoms with Gasteiger partial charge in [0.2, 0.25) is 0 Å². The van der Waals surface area contributed by atoms with Crippen LogP contribution in [0.15, 0.2) is 30.4 Å². The highest BCUT2D eigenvalue weighted by Gasteiger charge is 2.04. The van der Waals surface area contributed by atoms with E-state index in [0.29, 0.717) is 0 Å². The second-order valence-electron chi connectivity index (χ2n) is 7.47.